The molecule has 9 rings (SSSR count). The van der Waals surface area contributed by atoms with Crippen LogP contribution in [-0.4, -0.2) is 88.9 Å². The Morgan fingerprint density at radius 1 is 0.860 bits per heavy atom. The number of fused-ring (bicyclic) bond motifs is 4. The van der Waals surface area contributed by atoms with Crippen LogP contribution < -0.4 is 15.2 Å². The minimum Gasteiger partial charge on any atom is -0.496 e. The zero-order valence-electron chi connectivity index (χ0n) is 28.5. The van der Waals surface area contributed by atoms with E-state index in [0.717, 1.165) is 41.8 Å². The number of carbonyl (C=O) groups is 2. The number of nitrogens with two attached hydrogens (primary N) is 1. The van der Waals surface area contributed by atoms with Gasteiger partial charge >= 0.3 is 0 Å². The van der Waals surface area contributed by atoms with Crippen LogP contribution in [0.5, 0.6) is 11.5 Å². The van der Waals surface area contributed by atoms with Crippen LogP contribution in [0.2, 0.25) is 0 Å². The Kier molecular flexibility index (Phi) is 7.28. The van der Waals surface area contributed by atoms with Crippen molar-refractivity contribution >= 4 is 41.6 Å². The molecule has 11 heteroatoms. The number of amides is 2. The van der Waals surface area contributed by atoms with Crippen LogP contribution in [0.1, 0.15) is 46.4 Å². The Morgan fingerprint density at radius 3 is 2.32 bits per heavy atom. The van der Waals surface area contributed by atoms with Gasteiger partial charge in [-0.25, -0.2) is 4.98 Å². The van der Waals surface area contributed by atoms with Gasteiger partial charge in [0.15, 0.2) is 5.82 Å². The van der Waals surface area contributed by atoms with Crippen LogP contribution in [0, 0.1) is 17.8 Å². The summed E-state index contributed by atoms with van der Waals surface area (Å²) in [7, 11) is 9.73. The van der Waals surface area contributed by atoms with Gasteiger partial charge in [0.2, 0.25) is 0 Å². The molecule has 2 saturated heterocycles. The van der Waals surface area contributed by atoms with E-state index < -0.39 is 5.44 Å². The molecule has 2 aromatic heterocycles. The molecule has 3 atom stereocenters. The number of benzene rings is 3. The normalized spacial score (nSPS) is 23.2. The molecule has 254 valence electrons. The molecule has 50 heavy (non-hydrogen) atoms. The van der Waals surface area contributed by atoms with E-state index in [1.165, 1.54) is 18.4 Å². The van der Waals surface area contributed by atoms with Crippen molar-refractivity contribution in [2.75, 3.05) is 33.9 Å². The van der Waals surface area contributed by atoms with Crippen LogP contribution in [-0.2, 0) is 13.1 Å². The molecule has 4 heterocycles. The van der Waals surface area contributed by atoms with E-state index in [2.05, 4.69) is 39.5 Å². The standard InChI is InChI=1S/C39H41BN6O4/c1-49-32-10-6-4-8-28(32)38(48)43-18-24(19-43)21-46-35-29(42-36(46)31-16-25-7-3-5-9-30(25)44(31)20-23-11-12-23)15-26(17-33(35)50-2)37(47)45-22-27-13-14-34(45)39(27,40)41/h3-10,15-17,23-24,27,34H,11-14,18-22,41H2,1-2H3. The number of aromatic nitrogens is 3. The summed E-state index contributed by atoms with van der Waals surface area (Å²) in [6, 6.07) is 21.6. The SMILES string of the molecule is [B]C1(N)C2CCC1N(C(=O)c1cc(OC)c3c(c1)nc(-c1cc4ccccc4n1CC1CC1)n3CC1CN(C(=O)c3ccccc3OC)C1)C2. The van der Waals surface area contributed by atoms with E-state index in [9.17, 15) is 9.59 Å². The molecule has 0 spiro atoms. The summed E-state index contributed by atoms with van der Waals surface area (Å²) in [5.74, 6) is 2.81. The second kappa shape index (κ2) is 11.7. The smallest absolute Gasteiger partial charge is 0.257 e. The molecule has 5 aromatic rings. The van der Waals surface area contributed by atoms with Crippen molar-refractivity contribution in [1.29, 1.82) is 0 Å². The molecular weight excluding hydrogens is 627 g/mol. The minimum atomic E-state index is -0.864. The molecule has 2 N–H and O–H groups in total. The third-order valence-electron chi connectivity index (χ3n) is 11.6. The molecule has 4 fully saturated rings. The Hall–Kier alpha value is -4.77. The fourth-order valence-electron chi connectivity index (χ4n) is 8.70. The second-order valence-corrected chi connectivity index (χ2v) is 14.8. The molecule has 2 saturated carbocycles. The number of hydrogen-bond donors (Lipinski definition) is 1. The van der Waals surface area contributed by atoms with E-state index in [4.69, 9.17) is 28.0 Å². The van der Waals surface area contributed by atoms with Crippen molar-refractivity contribution < 1.29 is 19.1 Å². The first kappa shape index (κ1) is 31.2. The van der Waals surface area contributed by atoms with Gasteiger partial charge in [-0.2, -0.15) is 0 Å². The summed E-state index contributed by atoms with van der Waals surface area (Å²) >= 11 is 0. The minimum absolute atomic E-state index is 0.0331. The van der Waals surface area contributed by atoms with Crippen LogP contribution in [0.15, 0.2) is 66.7 Å². The Labute approximate surface area is 292 Å². The summed E-state index contributed by atoms with van der Waals surface area (Å²) in [6.07, 6.45) is 4.21. The number of methoxy groups -OCH3 is 2. The summed E-state index contributed by atoms with van der Waals surface area (Å²) < 4.78 is 16.2. The number of piperidine rings is 1. The molecule has 4 aliphatic rings. The first-order valence-corrected chi connectivity index (χ1v) is 17.7. The number of rotatable bonds is 9. The number of imidazole rings is 1. The average Bonchev–Trinajstić information content (AvgIpc) is 3.57. The van der Waals surface area contributed by atoms with Gasteiger partial charge < -0.3 is 34.1 Å². The van der Waals surface area contributed by atoms with E-state index in [1.54, 1.807) is 14.2 Å². The number of para-hydroxylation sites is 2. The molecule has 3 aromatic carbocycles. The second-order valence-electron chi connectivity index (χ2n) is 14.8. The first-order chi connectivity index (χ1) is 24.2. The Bertz CT molecular complexity index is 2160. The highest BCUT2D eigenvalue weighted by Gasteiger charge is 2.54. The van der Waals surface area contributed by atoms with Crippen LogP contribution in [0.4, 0.5) is 0 Å². The lowest BCUT2D eigenvalue weighted by Gasteiger charge is -2.40. The summed E-state index contributed by atoms with van der Waals surface area (Å²) in [4.78, 5) is 36.6. The average molecular weight is 669 g/mol. The number of ether oxygens (including phenoxy) is 2. The fraction of sp³-hybridized carbons (Fsp3) is 0.410. The monoisotopic (exact) mass is 668 g/mol. The maximum Gasteiger partial charge on any atom is 0.257 e. The Balaban J connectivity index is 1.11. The lowest BCUT2D eigenvalue weighted by molar-refractivity contribution is 0.0468. The lowest BCUT2D eigenvalue weighted by Crippen LogP contribution is -2.52. The van der Waals surface area contributed by atoms with E-state index in [1.807, 2.05) is 46.2 Å². The maximum atomic E-state index is 14.1. The quantitative estimate of drug-likeness (QED) is 0.224. The molecule has 2 aliphatic carbocycles. The first-order valence-electron chi connectivity index (χ1n) is 17.7. The van der Waals surface area contributed by atoms with Gasteiger partial charge in [0.1, 0.15) is 17.0 Å². The van der Waals surface area contributed by atoms with Gasteiger partial charge in [0, 0.05) is 66.6 Å². The van der Waals surface area contributed by atoms with Crippen molar-refractivity contribution in [3.63, 3.8) is 0 Å². The number of nitrogens with zero attached hydrogens (tertiary/aromatic N) is 5. The molecule has 2 radical (unpaired) electrons. The molecule has 2 amide bonds. The van der Waals surface area contributed by atoms with Crippen molar-refractivity contribution in [2.24, 2.45) is 23.5 Å². The highest BCUT2D eigenvalue weighted by Crippen LogP contribution is 2.44. The molecule has 2 bridgehead atoms. The third-order valence-corrected chi connectivity index (χ3v) is 11.6. The number of likely N-dealkylation sites (tertiary alicyclic amines) is 2. The van der Waals surface area contributed by atoms with Gasteiger partial charge in [0.05, 0.1) is 38.8 Å². The summed E-state index contributed by atoms with van der Waals surface area (Å²) in [6.45, 7) is 3.34. The number of carbonyl (C=O) groups excluding carboxylic acids is 2. The summed E-state index contributed by atoms with van der Waals surface area (Å²) in [5.41, 5.74) is 10.5. The van der Waals surface area contributed by atoms with Crippen molar-refractivity contribution in [3.8, 4) is 23.0 Å². The number of hydrogen-bond acceptors (Lipinski definition) is 6. The van der Waals surface area contributed by atoms with Crippen molar-refractivity contribution in [3.05, 3.63) is 77.9 Å². The van der Waals surface area contributed by atoms with Crippen molar-refractivity contribution in [2.45, 2.75) is 50.3 Å². The van der Waals surface area contributed by atoms with Crippen LogP contribution in [0.25, 0.3) is 33.5 Å². The highest BCUT2D eigenvalue weighted by molar-refractivity contribution is 6.17. The van der Waals surface area contributed by atoms with E-state index in [0.29, 0.717) is 60.2 Å². The third kappa shape index (κ3) is 4.92. The Morgan fingerprint density at radius 2 is 1.60 bits per heavy atom. The van der Waals surface area contributed by atoms with E-state index >= 15 is 0 Å². The fourth-order valence-corrected chi connectivity index (χ4v) is 8.70. The molecule has 3 unspecified atom stereocenters. The highest BCUT2D eigenvalue weighted by atomic mass is 16.5. The largest absolute Gasteiger partial charge is 0.496 e. The van der Waals surface area contributed by atoms with Gasteiger partial charge in [-0.3, -0.25) is 9.59 Å². The van der Waals surface area contributed by atoms with Gasteiger partial charge in [-0.15, -0.1) is 0 Å². The zero-order valence-corrected chi connectivity index (χ0v) is 28.5. The molecule has 2 aliphatic heterocycles. The zero-order chi connectivity index (χ0) is 34.3. The van der Waals surface area contributed by atoms with Gasteiger partial charge in [0.25, 0.3) is 11.8 Å². The van der Waals surface area contributed by atoms with Crippen molar-refractivity contribution in [1.82, 2.24) is 23.9 Å². The predicted molar refractivity (Wildman–Crippen MR) is 193 cm³/mol. The van der Waals surface area contributed by atoms with Crippen LogP contribution >= 0.6 is 0 Å². The molecular formula is C39H41BN6O4. The predicted octanol–water partition coefficient (Wildman–Crippen LogP) is 4.92. The topological polar surface area (TPSA) is 108 Å². The maximum absolute atomic E-state index is 14.1. The summed E-state index contributed by atoms with van der Waals surface area (Å²) in [5, 5.41) is 1.16. The van der Waals surface area contributed by atoms with Crippen LogP contribution in [0.3, 0.4) is 0 Å². The van der Waals surface area contributed by atoms with E-state index in [-0.39, 0.29) is 29.7 Å². The van der Waals surface area contributed by atoms with Gasteiger partial charge in [-0.1, -0.05) is 30.3 Å². The van der Waals surface area contributed by atoms with Gasteiger partial charge in [-0.05, 0) is 73.9 Å². The molecule has 10 nitrogen and oxygen atoms in total. The lowest BCUT2D eigenvalue weighted by atomic mass is 9.71.